The van der Waals surface area contributed by atoms with Crippen LogP contribution in [-0.4, -0.2) is 53.4 Å². The lowest BCUT2D eigenvalue weighted by molar-refractivity contribution is -0.178. The smallest absolute Gasteiger partial charge is 0.394 e. The zero-order valence-electron chi connectivity index (χ0n) is 8.90. The molecule has 1 N–H and O–H groups in total. The van der Waals surface area contributed by atoms with Gasteiger partial charge in [0.2, 0.25) is 0 Å². The molecule has 0 heterocycles. The van der Waals surface area contributed by atoms with E-state index in [1.807, 2.05) is 0 Å². The van der Waals surface area contributed by atoms with Crippen molar-refractivity contribution >= 4 is 49.1 Å². The summed E-state index contributed by atoms with van der Waals surface area (Å²) in [6, 6.07) is 0. The van der Waals surface area contributed by atoms with Crippen molar-refractivity contribution in [1.82, 2.24) is 0 Å². The Bertz CT molecular complexity index is 342. The molecular formula is C8H10O8S2. The van der Waals surface area contributed by atoms with Gasteiger partial charge in [-0.3, -0.25) is 4.79 Å². The van der Waals surface area contributed by atoms with Crippen molar-refractivity contribution in [3.05, 3.63) is 0 Å². The standard InChI is InChI=1S/C8H10O8S2/c9-1-2-14-8(18)7(13)16-6(12)5(11)15-4(10)3-17/h8-9,17-18H,1-3H2. The van der Waals surface area contributed by atoms with Crippen LogP contribution in [0.3, 0.4) is 0 Å². The highest BCUT2D eigenvalue weighted by Gasteiger charge is 2.27. The molecule has 0 aromatic rings. The van der Waals surface area contributed by atoms with Gasteiger partial charge in [-0.25, -0.2) is 14.4 Å². The van der Waals surface area contributed by atoms with Gasteiger partial charge in [0, 0.05) is 0 Å². The van der Waals surface area contributed by atoms with Crippen molar-refractivity contribution in [2.24, 2.45) is 0 Å². The molecule has 0 aliphatic rings. The van der Waals surface area contributed by atoms with Crippen LogP contribution >= 0.6 is 25.3 Å². The van der Waals surface area contributed by atoms with Gasteiger partial charge < -0.3 is 19.3 Å². The number of esters is 4. The molecule has 0 amide bonds. The maximum Gasteiger partial charge on any atom is 0.425 e. The van der Waals surface area contributed by atoms with Gasteiger partial charge in [0.1, 0.15) is 0 Å². The zero-order chi connectivity index (χ0) is 14.1. The fourth-order valence-electron chi connectivity index (χ4n) is 0.593. The maximum absolute atomic E-state index is 11.1. The molecule has 0 saturated heterocycles. The number of aliphatic hydroxyl groups excluding tert-OH is 1. The van der Waals surface area contributed by atoms with E-state index >= 15 is 0 Å². The lowest BCUT2D eigenvalue weighted by Gasteiger charge is -2.09. The quantitative estimate of drug-likeness (QED) is 0.181. The van der Waals surface area contributed by atoms with Crippen LogP contribution in [0.15, 0.2) is 0 Å². The highest BCUT2D eigenvalue weighted by Crippen LogP contribution is 2.01. The van der Waals surface area contributed by atoms with Gasteiger partial charge in [-0.15, -0.1) is 12.6 Å². The second-order valence-corrected chi connectivity index (χ2v) is 3.36. The monoisotopic (exact) mass is 298 g/mol. The van der Waals surface area contributed by atoms with Crippen LogP contribution in [0.2, 0.25) is 0 Å². The van der Waals surface area contributed by atoms with Crippen LogP contribution in [0.1, 0.15) is 0 Å². The van der Waals surface area contributed by atoms with Gasteiger partial charge in [0.05, 0.1) is 19.0 Å². The summed E-state index contributed by atoms with van der Waals surface area (Å²) in [5.41, 5.74) is -1.45. The average Bonchev–Trinajstić information content (AvgIpc) is 2.35. The first-order valence-corrected chi connectivity index (χ1v) is 5.59. The molecule has 0 aliphatic heterocycles. The Kier molecular flexibility index (Phi) is 8.37. The van der Waals surface area contributed by atoms with Crippen molar-refractivity contribution in [3.63, 3.8) is 0 Å². The van der Waals surface area contributed by atoms with E-state index < -0.39 is 35.1 Å². The van der Waals surface area contributed by atoms with Crippen LogP contribution < -0.4 is 0 Å². The molecule has 0 saturated carbocycles. The van der Waals surface area contributed by atoms with Crippen molar-refractivity contribution in [2.45, 2.75) is 5.44 Å². The van der Waals surface area contributed by atoms with E-state index in [1.165, 1.54) is 0 Å². The number of thiol groups is 2. The largest absolute Gasteiger partial charge is 0.425 e. The summed E-state index contributed by atoms with van der Waals surface area (Å²) in [5, 5.41) is 8.40. The molecule has 0 aromatic carbocycles. The van der Waals surface area contributed by atoms with Crippen molar-refractivity contribution < 1.29 is 38.5 Å². The number of carbonyl (C=O) groups excluding carboxylic acids is 4. The Hall–Kier alpha value is -1.10. The Morgan fingerprint density at radius 1 is 1.11 bits per heavy atom. The molecule has 1 unspecified atom stereocenters. The maximum atomic E-state index is 11.1. The lowest BCUT2D eigenvalue weighted by atomic mass is 10.6. The van der Waals surface area contributed by atoms with E-state index in [0.717, 1.165) is 0 Å². The molecule has 0 radical (unpaired) electrons. The lowest BCUT2D eigenvalue weighted by Crippen LogP contribution is -2.31. The fourth-order valence-corrected chi connectivity index (χ4v) is 0.816. The van der Waals surface area contributed by atoms with Gasteiger partial charge in [0.25, 0.3) is 0 Å². The number of carbonyl (C=O) groups is 4. The number of aliphatic hydroxyl groups is 1. The minimum Gasteiger partial charge on any atom is -0.394 e. The highest BCUT2D eigenvalue weighted by molar-refractivity contribution is 7.81. The fraction of sp³-hybridized carbons (Fsp3) is 0.500. The molecule has 0 rings (SSSR count). The second-order valence-electron chi connectivity index (χ2n) is 2.57. The molecule has 10 heteroatoms. The second kappa shape index (κ2) is 8.91. The summed E-state index contributed by atoms with van der Waals surface area (Å²) in [7, 11) is 0. The third kappa shape index (κ3) is 6.59. The van der Waals surface area contributed by atoms with Crippen LogP contribution in [0, 0.1) is 0 Å². The first-order valence-electron chi connectivity index (χ1n) is 4.44. The summed E-state index contributed by atoms with van der Waals surface area (Å²) in [4.78, 5) is 43.5. The molecule has 0 aliphatic carbocycles. The highest BCUT2D eigenvalue weighted by atomic mass is 32.1. The Morgan fingerprint density at radius 3 is 2.17 bits per heavy atom. The van der Waals surface area contributed by atoms with Gasteiger partial charge in [0.15, 0.2) is 5.44 Å². The van der Waals surface area contributed by atoms with E-state index in [9.17, 15) is 19.2 Å². The minimum atomic E-state index is -1.68. The molecule has 18 heavy (non-hydrogen) atoms. The van der Waals surface area contributed by atoms with Gasteiger partial charge in [-0.05, 0) is 0 Å². The Balaban J connectivity index is 4.18. The summed E-state index contributed by atoms with van der Waals surface area (Å²) in [5.74, 6) is -6.08. The molecule has 0 spiro atoms. The van der Waals surface area contributed by atoms with Crippen molar-refractivity contribution in [2.75, 3.05) is 19.0 Å². The number of rotatable bonds is 5. The summed E-state index contributed by atoms with van der Waals surface area (Å²) >= 11 is 7.10. The Morgan fingerprint density at radius 2 is 1.67 bits per heavy atom. The molecule has 0 aromatic heterocycles. The van der Waals surface area contributed by atoms with E-state index in [2.05, 4.69) is 39.5 Å². The van der Waals surface area contributed by atoms with E-state index in [-0.39, 0.29) is 13.2 Å². The Labute approximate surface area is 112 Å². The summed E-state index contributed by atoms with van der Waals surface area (Å²) in [6.45, 7) is -0.573. The molecule has 1 atom stereocenters. The van der Waals surface area contributed by atoms with Crippen LogP contribution in [0.4, 0.5) is 0 Å². The van der Waals surface area contributed by atoms with E-state index in [0.29, 0.717) is 0 Å². The van der Waals surface area contributed by atoms with Crippen LogP contribution in [-0.2, 0) is 33.4 Å². The molecule has 0 bridgehead atoms. The van der Waals surface area contributed by atoms with Gasteiger partial charge in [-0.2, -0.15) is 12.6 Å². The minimum absolute atomic E-state index is 0.208. The molecule has 0 fully saturated rings. The van der Waals surface area contributed by atoms with Gasteiger partial charge >= 0.3 is 23.9 Å². The molecule has 8 nitrogen and oxygen atoms in total. The van der Waals surface area contributed by atoms with Crippen LogP contribution in [0.5, 0.6) is 0 Å². The predicted octanol–water partition coefficient (Wildman–Crippen LogP) is -1.68. The molecule has 102 valence electrons. The summed E-state index contributed by atoms with van der Waals surface area (Å²) in [6.07, 6.45) is 0. The van der Waals surface area contributed by atoms with Crippen molar-refractivity contribution in [1.29, 1.82) is 0 Å². The van der Waals surface area contributed by atoms with E-state index in [1.54, 1.807) is 0 Å². The molecular weight excluding hydrogens is 288 g/mol. The SMILES string of the molecule is O=C(CS)OC(=O)C(=O)OC(=O)C(S)OCCO. The predicted molar refractivity (Wildman–Crippen MR) is 61.9 cm³/mol. The number of hydrogen-bond donors (Lipinski definition) is 3. The van der Waals surface area contributed by atoms with Crippen LogP contribution in [0.25, 0.3) is 0 Å². The number of hydrogen-bond acceptors (Lipinski definition) is 10. The first-order chi connectivity index (χ1) is 8.42. The zero-order valence-corrected chi connectivity index (χ0v) is 10.7. The third-order valence-electron chi connectivity index (χ3n) is 1.26. The first kappa shape index (κ1) is 16.9. The van der Waals surface area contributed by atoms with Crippen molar-refractivity contribution in [3.8, 4) is 0 Å². The topological polar surface area (TPSA) is 116 Å². The summed E-state index contributed by atoms with van der Waals surface area (Å²) < 4.78 is 12.5. The van der Waals surface area contributed by atoms with E-state index in [4.69, 9.17) is 5.11 Å². The number of ether oxygens (including phenoxy) is 3. The third-order valence-corrected chi connectivity index (χ3v) is 1.88. The average molecular weight is 298 g/mol. The normalized spacial score (nSPS) is 11.5. The van der Waals surface area contributed by atoms with Gasteiger partial charge in [-0.1, -0.05) is 0 Å².